The molecule has 1 heterocycles. The lowest BCUT2D eigenvalue weighted by molar-refractivity contribution is -0.274. The van der Waals surface area contributed by atoms with Crippen LogP contribution in [-0.2, 0) is 6.54 Å². The molecule has 1 aromatic carbocycles. The maximum Gasteiger partial charge on any atom is 0.573 e. The van der Waals surface area contributed by atoms with Crippen LogP contribution in [0.15, 0.2) is 29.3 Å². The maximum atomic E-state index is 12.1. The van der Waals surface area contributed by atoms with Gasteiger partial charge in [0.05, 0.1) is 17.2 Å². The molecule has 0 radical (unpaired) electrons. The number of aliphatic hydroxyl groups is 1. The van der Waals surface area contributed by atoms with Crippen molar-refractivity contribution < 1.29 is 27.8 Å². The molecule has 0 aliphatic carbocycles. The lowest BCUT2D eigenvalue weighted by Gasteiger charge is -2.08. The van der Waals surface area contributed by atoms with E-state index in [9.17, 15) is 18.0 Å². The van der Waals surface area contributed by atoms with E-state index in [1.807, 2.05) is 0 Å². The van der Waals surface area contributed by atoms with Gasteiger partial charge < -0.3 is 14.4 Å². The fourth-order valence-corrected chi connectivity index (χ4v) is 3.17. The van der Waals surface area contributed by atoms with Crippen molar-refractivity contribution in [2.24, 2.45) is 4.99 Å². The Hall–Kier alpha value is -2.13. The highest BCUT2D eigenvalue weighted by Crippen LogP contribution is 2.25. The summed E-state index contributed by atoms with van der Waals surface area (Å²) >= 11 is 1.17. The zero-order valence-electron chi connectivity index (χ0n) is 12.9. The van der Waals surface area contributed by atoms with Gasteiger partial charge in [-0.25, -0.2) is 4.99 Å². The van der Waals surface area contributed by atoms with Gasteiger partial charge in [0.2, 0.25) is 0 Å². The van der Waals surface area contributed by atoms with Gasteiger partial charge in [-0.1, -0.05) is 11.3 Å². The van der Waals surface area contributed by atoms with Crippen LogP contribution in [-0.4, -0.2) is 28.4 Å². The van der Waals surface area contributed by atoms with Gasteiger partial charge in [-0.2, -0.15) is 0 Å². The number of benzene rings is 1. The Balaban J connectivity index is 2.40. The number of aliphatic hydroxyl groups excluding tert-OH is 1. The van der Waals surface area contributed by atoms with Crippen molar-refractivity contribution in [3.05, 3.63) is 39.6 Å². The van der Waals surface area contributed by atoms with Crippen LogP contribution in [0.3, 0.4) is 0 Å². The summed E-state index contributed by atoms with van der Waals surface area (Å²) < 4.78 is 41.9. The van der Waals surface area contributed by atoms with Gasteiger partial charge in [0.25, 0.3) is 0 Å². The number of nitrogens with zero attached hydrogens (tertiary/aromatic N) is 2. The predicted octanol–water partition coefficient (Wildman–Crippen LogP) is 3.18. The van der Waals surface area contributed by atoms with Gasteiger partial charge in [-0.05, 0) is 31.2 Å². The first-order chi connectivity index (χ1) is 11.2. The Kier molecular flexibility index (Phi) is 5.45. The Morgan fingerprint density at radius 1 is 1.33 bits per heavy atom. The van der Waals surface area contributed by atoms with Crippen molar-refractivity contribution >= 4 is 22.8 Å². The highest BCUT2D eigenvalue weighted by Gasteiger charge is 2.30. The smallest absolute Gasteiger partial charge is 0.406 e. The first kappa shape index (κ1) is 18.2. The average molecular weight is 360 g/mol. The van der Waals surface area contributed by atoms with Crippen molar-refractivity contribution in [2.45, 2.75) is 26.8 Å². The number of hydrogen-bond donors (Lipinski definition) is 1. The van der Waals surface area contributed by atoms with Crippen molar-refractivity contribution in [3.8, 4) is 5.75 Å². The van der Waals surface area contributed by atoms with Crippen molar-refractivity contribution in [3.63, 3.8) is 0 Å². The van der Waals surface area contributed by atoms with E-state index in [0.29, 0.717) is 21.1 Å². The number of alkyl halides is 3. The maximum absolute atomic E-state index is 12.1. The number of aromatic nitrogens is 1. The van der Waals surface area contributed by atoms with Gasteiger partial charge in [-0.3, -0.25) is 4.79 Å². The standard InChI is InChI=1S/C15H15F3N2O3S/c1-9-13(10(2)22)24-14(20(9)7-8-21)19-11-3-5-12(6-4-11)23-15(16,17)18/h3-6,21H,7-8H2,1-2H3. The van der Waals surface area contributed by atoms with Gasteiger partial charge in [0.15, 0.2) is 10.6 Å². The zero-order chi connectivity index (χ0) is 17.9. The molecule has 0 spiro atoms. The molecule has 0 bridgehead atoms. The van der Waals surface area contributed by atoms with Gasteiger partial charge in [0.1, 0.15) is 5.75 Å². The van der Waals surface area contributed by atoms with Gasteiger partial charge in [0, 0.05) is 19.2 Å². The lowest BCUT2D eigenvalue weighted by atomic mass is 10.3. The van der Waals surface area contributed by atoms with Crippen molar-refractivity contribution in [1.29, 1.82) is 0 Å². The van der Waals surface area contributed by atoms with Crippen molar-refractivity contribution in [2.75, 3.05) is 6.61 Å². The molecule has 2 rings (SSSR count). The first-order valence-electron chi connectivity index (χ1n) is 6.94. The number of halogens is 3. The zero-order valence-corrected chi connectivity index (χ0v) is 13.7. The van der Waals surface area contributed by atoms with Crippen LogP contribution < -0.4 is 9.54 Å². The lowest BCUT2D eigenvalue weighted by Crippen LogP contribution is -2.18. The molecule has 1 N–H and O–H groups in total. The quantitative estimate of drug-likeness (QED) is 0.833. The van der Waals surface area contributed by atoms with Crippen LogP contribution in [0.1, 0.15) is 22.3 Å². The number of rotatable bonds is 5. The van der Waals surface area contributed by atoms with Crippen LogP contribution in [0, 0.1) is 6.92 Å². The molecule has 0 unspecified atom stereocenters. The summed E-state index contributed by atoms with van der Waals surface area (Å²) in [6, 6.07) is 5.09. The molecule has 130 valence electrons. The molecule has 24 heavy (non-hydrogen) atoms. The summed E-state index contributed by atoms with van der Waals surface area (Å²) in [7, 11) is 0. The Labute approximate surface area is 139 Å². The number of carbonyl (C=O) groups excluding carboxylic acids is 1. The number of ether oxygens (including phenoxy) is 1. The fraction of sp³-hybridized carbons (Fsp3) is 0.333. The molecule has 9 heteroatoms. The summed E-state index contributed by atoms with van der Waals surface area (Å²) in [5, 5.41) is 9.16. The van der Waals surface area contributed by atoms with Gasteiger partial charge in [-0.15, -0.1) is 13.2 Å². The largest absolute Gasteiger partial charge is 0.573 e. The molecule has 2 aromatic rings. The second-order valence-electron chi connectivity index (χ2n) is 4.88. The minimum Gasteiger partial charge on any atom is -0.406 e. The van der Waals surface area contributed by atoms with E-state index in [1.165, 1.54) is 30.4 Å². The molecular weight excluding hydrogens is 345 g/mol. The van der Waals surface area contributed by atoms with E-state index >= 15 is 0 Å². The summed E-state index contributed by atoms with van der Waals surface area (Å²) in [6.07, 6.45) is -4.75. The van der Waals surface area contributed by atoms with E-state index in [1.54, 1.807) is 11.5 Å². The molecule has 1 aromatic heterocycles. The molecule has 0 atom stereocenters. The third kappa shape index (κ3) is 4.45. The van der Waals surface area contributed by atoms with Crippen LogP contribution in [0.2, 0.25) is 0 Å². The highest BCUT2D eigenvalue weighted by molar-refractivity contribution is 7.11. The second kappa shape index (κ2) is 7.18. The molecule has 0 saturated carbocycles. The van der Waals surface area contributed by atoms with E-state index in [-0.39, 0.29) is 24.7 Å². The molecule has 5 nitrogen and oxygen atoms in total. The molecule has 0 amide bonds. The third-order valence-electron chi connectivity index (χ3n) is 3.10. The molecule has 0 aliphatic rings. The summed E-state index contributed by atoms with van der Waals surface area (Å²) in [4.78, 5) is 17.0. The minimum atomic E-state index is -4.75. The first-order valence-corrected chi connectivity index (χ1v) is 7.75. The Morgan fingerprint density at radius 3 is 2.46 bits per heavy atom. The number of Topliss-reactive ketones (excluding diaryl/α,β-unsaturated/α-hetero) is 1. The van der Waals surface area contributed by atoms with E-state index in [2.05, 4.69) is 9.73 Å². The van der Waals surface area contributed by atoms with E-state index < -0.39 is 6.36 Å². The molecule has 0 aliphatic heterocycles. The normalized spacial score (nSPS) is 12.5. The minimum absolute atomic E-state index is 0.112. The second-order valence-corrected chi connectivity index (χ2v) is 5.86. The average Bonchev–Trinajstić information content (AvgIpc) is 2.77. The summed E-state index contributed by atoms with van der Waals surface area (Å²) in [6.45, 7) is 3.33. The number of hydrogen-bond acceptors (Lipinski definition) is 5. The Morgan fingerprint density at radius 2 is 1.96 bits per heavy atom. The topological polar surface area (TPSA) is 63.8 Å². The summed E-state index contributed by atoms with van der Waals surface area (Å²) in [5.74, 6) is -0.448. The number of thiazole rings is 1. The summed E-state index contributed by atoms with van der Waals surface area (Å²) in [5.41, 5.74) is 1.10. The van der Waals surface area contributed by atoms with Crippen LogP contribution >= 0.6 is 11.3 Å². The molecular formula is C15H15F3N2O3S. The van der Waals surface area contributed by atoms with Gasteiger partial charge >= 0.3 is 6.36 Å². The third-order valence-corrected chi connectivity index (χ3v) is 4.38. The van der Waals surface area contributed by atoms with Crippen LogP contribution in [0.5, 0.6) is 5.75 Å². The molecule has 0 fully saturated rings. The number of carbonyl (C=O) groups is 1. The number of ketones is 1. The van der Waals surface area contributed by atoms with E-state index in [0.717, 1.165) is 12.1 Å². The monoisotopic (exact) mass is 360 g/mol. The van der Waals surface area contributed by atoms with Crippen LogP contribution in [0.4, 0.5) is 18.9 Å². The SMILES string of the molecule is CC(=O)c1sc(=Nc2ccc(OC(F)(F)F)cc2)n(CCO)c1C. The van der Waals surface area contributed by atoms with E-state index in [4.69, 9.17) is 5.11 Å². The van der Waals surface area contributed by atoms with Crippen molar-refractivity contribution in [1.82, 2.24) is 4.57 Å². The highest BCUT2D eigenvalue weighted by atomic mass is 32.1. The predicted molar refractivity (Wildman–Crippen MR) is 82.5 cm³/mol. The fourth-order valence-electron chi connectivity index (χ4n) is 2.09. The molecule has 0 saturated heterocycles. The Bertz CT molecular complexity index is 792. The van der Waals surface area contributed by atoms with Crippen LogP contribution in [0.25, 0.3) is 0 Å².